The van der Waals surface area contributed by atoms with Crippen molar-refractivity contribution in [3.05, 3.63) is 12.2 Å². The SMILES string of the molecule is C=C(C)C(=O)OC(C)(C)C.N=C=O. The maximum Gasteiger partial charge on any atom is 0.333 e. The Morgan fingerprint density at radius 2 is 1.77 bits per heavy atom. The minimum absolute atomic E-state index is 0.326. The molecule has 0 saturated heterocycles. The molecule has 0 bridgehead atoms. The Balaban J connectivity index is 0. The Hall–Kier alpha value is -1.41. The topological polar surface area (TPSA) is 67.2 Å². The lowest BCUT2D eigenvalue weighted by Crippen LogP contribution is -2.23. The van der Waals surface area contributed by atoms with Crippen molar-refractivity contribution in [3.63, 3.8) is 0 Å². The molecule has 0 aliphatic rings. The molecular weight excluding hydrogens is 170 g/mol. The van der Waals surface area contributed by atoms with Crippen LogP contribution in [0, 0.1) is 5.41 Å². The van der Waals surface area contributed by atoms with Gasteiger partial charge >= 0.3 is 5.97 Å². The van der Waals surface area contributed by atoms with E-state index >= 15 is 0 Å². The van der Waals surface area contributed by atoms with Gasteiger partial charge in [-0.05, 0) is 27.7 Å². The van der Waals surface area contributed by atoms with E-state index in [2.05, 4.69) is 6.58 Å². The molecule has 0 rings (SSSR count). The second kappa shape index (κ2) is 6.14. The number of ether oxygens (including phenoxy) is 1. The Morgan fingerprint density at radius 3 is 1.85 bits per heavy atom. The zero-order valence-electron chi connectivity index (χ0n) is 8.43. The van der Waals surface area contributed by atoms with Gasteiger partial charge in [0.25, 0.3) is 0 Å². The first-order chi connectivity index (χ1) is 5.74. The molecule has 0 fully saturated rings. The van der Waals surface area contributed by atoms with Gasteiger partial charge in [-0.3, -0.25) is 0 Å². The Morgan fingerprint density at radius 1 is 1.46 bits per heavy atom. The average molecular weight is 185 g/mol. The number of carbonyl (C=O) groups excluding carboxylic acids is 2. The first-order valence-corrected chi connectivity index (χ1v) is 3.67. The van der Waals surface area contributed by atoms with Crippen LogP contribution < -0.4 is 0 Å². The molecule has 0 amide bonds. The molecule has 0 aromatic rings. The highest BCUT2D eigenvalue weighted by Gasteiger charge is 2.15. The van der Waals surface area contributed by atoms with Gasteiger partial charge in [-0.15, -0.1) is 0 Å². The number of nitrogens with one attached hydrogen (secondary N) is 1. The highest BCUT2D eigenvalue weighted by Crippen LogP contribution is 2.09. The number of carbonyl (C=O) groups is 1. The summed E-state index contributed by atoms with van der Waals surface area (Å²) in [5, 5.41) is 5.40. The lowest BCUT2D eigenvalue weighted by atomic mass is 10.2. The fourth-order valence-electron chi connectivity index (χ4n) is 0.365. The van der Waals surface area contributed by atoms with Crippen molar-refractivity contribution in [1.82, 2.24) is 0 Å². The van der Waals surface area contributed by atoms with Gasteiger partial charge in [0.2, 0.25) is 6.08 Å². The molecule has 0 heterocycles. The molecule has 0 saturated carbocycles. The van der Waals surface area contributed by atoms with E-state index in [1.165, 1.54) is 0 Å². The van der Waals surface area contributed by atoms with Crippen LogP contribution in [0.5, 0.6) is 0 Å². The van der Waals surface area contributed by atoms with Gasteiger partial charge in [-0.1, -0.05) is 6.58 Å². The second-order valence-corrected chi connectivity index (χ2v) is 3.38. The molecule has 0 spiro atoms. The van der Waals surface area contributed by atoms with Crippen LogP contribution in [0.1, 0.15) is 27.7 Å². The smallest absolute Gasteiger partial charge is 0.333 e. The fourth-order valence-corrected chi connectivity index (χ4v) is 0.365. The third-order valence-corrected chi connectivity index (χ3v) is 0.747. The standard InChI is InChI=1S/C8H14O2.CHNO/c1-6(2)7(9)10-8(3,4)5;2-1-3/h1H2,2-5H3;2H. The molecule has 1 N–H and O–H groups in total. The lowest BCUT2D eigenvalue weighted by Gasteiger charge is -2.19. The largest absolute Gasteiger partial charge is 0.457 e. The van der Waals surface area contributed by atoms with Gasteiger partial charge < -0.3 is 4.74 Å². The van der Waals surface area contributed by atoms with Crippen LogP contribution in [-0.2, 0) is 14.3 Å². The first kappa shape index (κ1) is 14.1. The number of isocyanates is 1. The molecule has 0 aromatic carbocycles. The van der Waals surface area contributed by atoms with Crippen LogP contribution in [0.25, 0.3) is 0 Å². The highest BCUT2D eigenvalue weighted by molar-refractivity contribution is 5.87. The van der Waals surface area contributed by atoms with E-state index in [1.54, 1.807) is 6.92 Å². The van der Waals surface area contributed by atoms with Crippen molar-refractivity contribution < 1.29 is 14.3 Å². The highest BCUT2D eigenvalue weighted by atomic mass is 16.6. The third-order valence-electron chi connectivity index (χ3n) is 0.747. The van der Waals surface area contributed by atoms with Crippen molar-refractivity contribution in [2.45, 2.75) is 33.3 Å². The van der Waals surface area contributed by atoms with E-state index in [4.69, 9.17) is 14.9 Å². The van der Waals surface area contributed by atoms with E-state index in [9.17, 15) is 4.79 Å². The number of hydrogen-bond donors (Lipinski definition) is 1. The Kier molecular flexibility index (Phi) is 6.68. The van der Waals surface area contributed by atoms with Crippen molar-refractivity contribution in [3.8, 4) is 0 Å². The Bertz CT molecular complexity index is 220. The molecule has 4 heteroatoms. The van der Waals surface area contributed by atoms with Crippen LogP contribution in [0.15, 0.2) is 12.2 Å². The summed E-state index contributed by atoms with van der Waals surface area (Å²) in [6.07, 6.45) is 0.750. The lowest BCUT2D eigenvalue weighted by molar-refractivity contribution is -0.149. The molecule has 0 aliphatic carbocycles. The summed E-state index contributed by atoms with van der Waals surface area (Å²) in [4.78, 5) is 19.2. The molecular formula is C9H15NO3. The molecule has 74 valence electrons. The zero-order valence-corrected chi connectivity index (χ0v) is 8.43. The van der Waals surface area contributed by atoms with Gasteiger partial charge in [0.05, 0.1) is 0 Å². The summed E-state index contributed by atoms with van der Waals surface area (Å²) in [7, 11) is 0. The molecule has 4 nitrogen and oxygen atoms in total. The predicted octanol–water partition coefficient (Wildman–Crippen LogP) is 1.81. The second-order valence-electron chi connectivity index (χ2n) is 3.38. The molecule has 0 aromatic heterocycles. The van der Waals surface area contributed by atoms with Crippen molar-refractivity contribution in [2.24, 2.45) is 0 Å². The number of rotatable bonds is 1. The summed E-state index contributed by atoms with van der Waals surface area (Å²) in [6, 6.07) is 0. The quantitative estimate of drug-likeness (QED) is 0.293. The maximum atomic E-state index is 10.8. The van der Waals surface area contributed by atoms with Gasteiger partial charge in [0, 0.05) is 5.57 Å². The molecule has 0 unspecified atom stereocenters. The van der Waals surface area contributed by atoms with Crippen LogP contribution in [0.3, 0.4) is 0 Å². The summed E-state index contributed by atoms with van der Waals surface area (Å²) < 4.78 is 4.96. The van der Waals surface area contributed by atoms with Gasteiger partial charge in [-0.2, -0.15) is 0 Å². The van der Waals surface area contributed by atoms with Gasteiger partial charge in [0.15, 0.2) is 0 Å². The summed E-state index contributed by atoms with van der Waals surface area (Å²) in [6.45, 7) is 10.6. The molecule has 0 aliphatic heterocycles. The summed E-state index contributed by atoms with van der Waals surface area (Å²) in [5.74, 6) is -0.326. The third kappa shape index (κ3) is 13.6. The fraction of sp³-hybridized carbons (Fsp3) is 0.556. The zero-order chi connectivity index (χ0) is 11.1. The average Bonchev–Trinajstić information content (AvgIpc) is 1.84. The molecule has 0 atom stereocenters. The minimum Gasteiger partial charge on any atom is -0.457 e. The first-order valence-electron chi connectivity index (χ1n) is 3.67. The summed E-state index contributed by atoms with van der Waals surface area (Å²) >= 11 is 0. The van der Waals surface area contributed by atoms with E-state index in [-0.39, 0.29) is 5.97 Å². The van der Waals surface area contributed by atoms with Crippen LogP contribution in [0.4, 0.5) is 0 Å². The van der Waals surface area contributed by atoms with Crippen LogP contribution in [-0.4, -0.2) is 17.7 Å². The van der Waals surface area contributed by atoms with Crippen LogP contribution in [0.2, 0.25) is 0 Å². The predicted molar refractivity (Wildman–Crippen MR) is 49.1 cm³/mol. The van der Waals surface area contributed by atoms with Gasteiger partial charge in [0.1, 0.15) is 5.60 Å². The van der Waals surface area contributed by atoms with Gasteiger partial charge in [-0.25, -0.2) is 15.0 Å². The van der Waals surface area contributed by atoms with E-state index in [0.29, 0.717) is 5.57 Å². The number of esters is 1. The summed E-state index contributed by atoms with van der Waals surface area (Å²) in [5.41, 5.74) is 0.0330. The van der Waals surface area contributed by atoms with Crippen LogP contribution >= 0.6 is 0 Å². The normalized spacial score (nSPS) is 8.92. The Labute approximate surface area is 78.1 Å². The molecule has 13 heavy (non-hydrogen) atoms. The van der Waals surface area contributed by atoms with E-state index in [1.807, 2.05) is 20.8 Å². The number of hydrogen-bond acceptors (Lipinski definition) is 4. The van der Waals surface area contributed by atoms with Crippen molar-refractivity contribution in [2.75, 3.05) is 0 Å². The van der Waals surface area contributed by atoms with Crippen molar-refractivity contribution >= 4 is 12.0 Å². The molecule has 0 radical (unpaired) electrons. The van der Waals surface area contributed by atoms with E-state index in [0.717, 1.165) is 6.08 Å². The van der Waals surface area contributed by atoms with E-state index < -0.39 is 5.60 Å². The maximum absolute atomic E-state index is 10.8. The minimum atomic E-state index is -0.407. The van der Waals surface area contributed by atoms with Crippen molar-refractivity contribution in [1.29, 1.82) is 5.41 Å². The monoisotopic (exact) mass is 185 g/mol.